The minimum absolute atomic E-state index is 0.600. The van der Waals surface area contributed by atoms with Crippen molar-refractivity contribution >= 4 is 0 Å². The average molecular weight is 310 g/mol. The number of benzene rings is 2. The van der Waals surface area contributed by atoms with Gasteiger partial charge in [0.2, 0.25) is 0 Å². The largest absolute Gasteiger partial charge is 0.494 e. The van der Waals surface area contributed by atoms with Gasteiger partial charge < -0.3 is 9.47 Å². The zero-order valence-corrected chi connectivity index (χ0v) is 13.7. The molecule has 0 atom stereocenters. The summed E-state index contributed by atoms with van der Waals surface area (Å²) in [5, 5.41) is 0. The number of hydrogen-bond acceptors (Lipinski definition) is 2. The first kappa shape index (κ1) is 15.9. The van der Waals surface area contributed by atoms with Crippen LogP contribution in [0.3, 0.4) is 0 Å². The van der Waals surface area contributed by atoms with E-state index in [2.05, 4.69) is 12.1 Å². The summed E-state index contributed by atoms with van der Waals surface area (Å²) in [6.07, 6.45) is 8.18. The molecule has 122 valence electrons. The molecule has 0 bridgehead atoms. The van der Waals surface area contributed by atoms with E-state index < -0.39 is 0 Å². The van der Waals surface area contributed by atoms with E-state index in [1.165, 1.54) is 44.1 Å². The van der Waals surface area contributed by atoms with Crippen molar-refractivity contribution in [1.29, 1.82) is 0 Å². The molecule has 1 fully saturated rings. The Morgan fingerprint density at radius 2 is 1.39 bits per heavy atom. The molecule has 2 nitrogen and oxygen atoms in total. The monoisotopic (exact) mass is 310 g/mol. The summed E-state index contributed by atoms with van der Waals surface area (Å²) in [6, 6.07) is 18.2. The molecule has 0 N–H and O–H groups in total. The van der Waals surface area contributed by atoms with Crippen molar-refractivity contribution in [3.05, 3.63) is 60.2 Å². The van der Waals surface area contributed by atoms with Crippen molar-refractivity contribution in [3.8, 4) is 11.5 Å². The zero-order valence-electron chi connectivity index (χ0n) is 13.7. The van der Waals surface area contributed by atoms with E-state index in [-0.39, 0.29) is 0 Å². The molecule has 0 amide bonds. The van der Waals surface area contributed by atoms with Gasteiger partial charge in [-0.15, -0.1) is 0 Å². The molecule has 0 radical (unpaired) electrons. The highest BCUT2D eigenvalue weighted by Gasteiger charge is 2.13. The molecule has 2 heteroatoms. The van der Waals surface area contributed by atoms with Gasteiger partial charge in [0.15, 0.2) is 0 Å². The molecular formula is C21H26O2. The average Bonchev–Trinajstić information content (AvgIpc) is 2.63. The SMILES string of the molecule is c1ccc(COc2ccc(OCCC3CCCCC3)cc2)cc1. The smallest absolute Gasteiger partial charge is 0.120 e. The van der Waals surface area contributed by atoms with Crippen LogP contribution in [0.1, 0.15) is 44.1 Å². The molecule has 23 heavy (non-hydrogen) atoms. The van der Waals surface area contributed by atoms with Crippen LogP contribution < -0.4 is 9.47 Å². The summed E-state index contributed by atoms with van der Waals surface area (Å²) < 4.78 is 11.7. The highest BCUT2D eigenvalue weighted by molar-refractivity contribution is 5.31. The van der Waals surface area contributed by atoms with Crippen molar-refractivity contribution in [2.45, 2.75) is 45.1 Å². The molecule has 1 saturated carbocycles. The molecule has 1 aliphatic rings. The summed E-state index contributed by atoms with van der Waals surface area (Å²) >= 11 is 0. The van der Waals surface area contributed by atoms with Crippen LogP contribution >= 0.6 is 0 Å². The van der Waals surface area contributed by atoms with Gasteiger partial charge >= 0.3 is 0 Å². The van der Waals surface area contributed by atoms with Gasteiger partial charge in [-0.2, -0.15) is 0 Å². The van der Waals surface area contributed by atoms with Gasteiger partial charge in [-0.25, -0.2) is 0 Å². The first-order valence-electron chi connectivity index (χ1n) is 8.80. The standard InChI is InChI=1S/C21H26O2/c1-3-7-18(8-4-1)15-16-22-20-11-13-21(14-12-20)23-17-19-9-5-2-6-10-19/h2,5-6,9-14,18H,1,3-4,7-8,15-17H2. The van der Waals surface area contributed by atoms with Crippen molar-refractivity contribution in [2.75, 3.05) is 6.61 Å². The normalized spacial score (nSPS) is 15.3. The topological polar surface area (TPSA) is 18.5 Å². The van der Waals surface area contributed by atoms with Crippen LogP contribution in [0.4, 0.5) is 0 Å². The first-order chi connectivity index (χ1) is 11.4. The maximum Gasteiger partial charge on any atom is 0.120 e. The summed E-state index contributed by atoms with van der Waals surface area (Å²) in [7, 11) is 0. The van der Waals surface area contributed by atoms with Gasteiger partial charge in [-0.1, -0.05) is 62.4 Å². The Kier molecular flexibility index (Phi) is 5.96. The predicted octanol–water partition coefficient (Wildman–Crippen LogP) is 5.61. The van der Waals surface area contributed by atoms with Crippen LogP contribution in [-0.2, 0) is 6.61 Å². The van der Waals surface area contributed by atoms with Crippen LogP contribution in [0.15, 0.2) is 54.6 Å². The minimum Gasteiger partial charge on any atom is -0.494 e. The van der Waals surface area contributed by atoms with Crippen LogP contribution in [-0.4, -0.2) is 6.61 Å². The van der Waals surface area contributed by atoms with E-state index in [1.54, 1.807) is 0 Å². The quantitative estimate of drug-likeness (QED) is 0.661. The Hall–Kier alpha value is -1.96. The van der Waals surface area contributed by atoms with Crippen molar-refractivity contribution < 1.29 is 9.47 Å². The third-order valence-electron chi connectivity index (χ3n) is 4.59. The summed E-state index contributed by atoms with van der Waals surface area (Å²) in [5.74, 6) is 2.69. The molecule has 0 aliphatic heterocycles. The third-order valence-corrected chi connectivity index (χ3v) is 4.59. The lowest BCUT2D eigenvalue weighted by molar-refractivity contribution is 0.245. The van der Waals surface area contributed by atoms with Gasteiger partial charge in [0, 0.05) is 0 Å². The van der Waals surface area contributed by atoms with Crippen LogP contribution in [0.5, 0.6) is 11.5 Å². The van der Waals surface area contributed by atoms with Gasteiger partial charge in [-0.3, -0.25) is 0 Å². The Morgan fingerprint density at radius 3 is 2.09 bits per heavy atom. The van der Waals surface area contributed by atoms with E-state index in [1.807, 2.05) is 42.5 Å². The van der Waals surface area contributed by atoms with Crippen molar-refractivity contribution in [3.63, 3.8) is 0 Å². The molecule has 0 aromatic heterocycles. The van der Waals surface area contributed by atoms with Gasteiger partial charge in [0.25, 0.3) is 0 Å². The maximum atomic E-state index is 5.87. The summed E-state index contributed by atoms with van der Waals surface area (Å²) in [4.78, 5) is 0. The predicted molar refractivity (Wildman–Crippen MR) is 93.9 cm³/mol. The van der Waals surface area contributed by atoms with Crippen LogP contribution in [0.2, 0.25) is 0 Å². The second-order valence-electron chi connectivity index (χ2n) is 6.39. The number of ether oxygens (including phenoxy) is 2. The van der Waals surface area contributed by atoms with Gasteiger partial charge in [-0.05, 0) is 42.2 Å². The molecule has 3 rings (SSSR count). The van der Waals surface area contributed by atoms with Crippen LogP contribution in [0, 0.1) is 5.92 Å². The Morgan fingerprint density at radius 1 is 0.739 bits per heavy atom. The summed E-state index contributed by atoms with van der Waals surface area (Å²) in [5.41, 5.74) is 1.18. The number of rotatable bonds is 7. The lowest BCUT2D eigenvalue weighted by atomic mass is 9.87. The zero-order chi connectivity index (χ0) is 15.7. The van der Waals surface area contributed by atoms with E-state index in [9.17, 15) is 0 Å². The highest BCUT2D eigenvalue weighted by atomic mass is 16.5. The highest BCUT2D eigenvalue weighted by Crippen LogP contribution is 2.26. The third kappa shape index (κ3) is 5.31. The number of hydrogen-bond donors (Lipinski definition) is 0. The molecule has 0 saturated heterocycles. The molecule has 1 aliphatic carbocycles. The van der Waals surface area contributed by atoms with E-state index in [0.29, 0.717) is 6.61 Å². The fraction of sp³-hybridized carbons (Fsp3) is 0.429. The molecule has 2 aromatic carbocycles. The van der Waals surface area contributed by atoms with Crippen molar-refractivity contribution in [1.82, 2.24) is 0 Å². The Balaban J connectivity index is 1.40. The fourth-order valence-electron chi connectivity index (χ4n) is 3.19. The van der Waals surface area contributed by atoms with E-state index in [4.69, 9.17) is 9.47 Å². The van der Waals surface area contributed by atoms with Crippen molar-refractivity contribution in [2.24, 2.45) is 5.92 Å². The molecule has 0 unspecified atom stereocenters. The first-order valence-corrected chi connectivity index (χ1v) is 8.80. The van der Waals surface area contributed by atoms with Crippen LogP contribution in [0.25, 0.3) is 0 Å². The van der Waals surface area contributed by atoms with Gasteiger partial charge in [0.05, 0.1) is 6.61 Å². The summed E-state index contributed by atoms with van der Waals surface area (Å²) in [6.45, 7) is 1.43. The Bertz CT molecular complexity index is 556. The molecule has 0 spiro atoms. The van der Waals surface area contributed by atoms with E-state index in [0.717, 1.165) is 24.0 Å². The fourth-order valence-corrected chi connectivity index (χ4v) is 3.19. The Labute approximate surface area is 139 Å². The van der Waals surface area contributed by atoms with E-state index >= 15 is 0 Å². The lowest BCUT2D eigenvalue weighted by Crippen LogP contribution is -2.10. The molecule has 0 heterocycles. The second kappa shape index (κ2) is 8.61. The molecule has 2 aromatic rings. The lowest BCUT2D eigenvalue weighted by Gasteiger charge is -2.21. The molecular weight excluding hydrogens is 284 g/mol. The maximum absolute atomic E-state index is 5.87. The second-order valence-corrected chi connectivity index (χ2v) is 6.39. The van der Waals surface area contributed by atoms with Gasteiger partial charge in [0.1, 0.15) is 18.1 Å². The minimum atomic E-state index is 0.600.